The first-order chi connectivity index (χ1) is 8.15. The largest absolute Gasteiger partial charge is 0.392 e. The van der Waals surface area contributed by atoms with Crippen molar-refractivity contribution in [2.45, 2.75) is 37.8 Å². The van der Waals surface area contributed by atoms with E-state index in [-0.39, 0.29) is 12.1 Å². The Labute approximate surface area is 99.7 Å². The number of rotatable bonds is 4. The molecule has 4 heteroatoms. The maximum absolute atomic E-state index is 12.9. The van der Waals surface area contributed by atoms with Crippen LogP contribution >= 0.6 is 0 Å². The molecule has 1 aromatic rings. The maximum atomic E-state index is 12.9. The first-order valence-electron chi connectivity index (χ1n) is 6.01. The summed E-state index contributed by atoms with van der Waals surface area (Å²) in [6.45, 7) is 0.630. The third-order valence-electron chi connectivity index (χ3n) is 3.22. The van der Waals surface area contributed by atoms with Crippen molar-refractivity contribution in [3.8, 4) is 0 Å². The first-order valence-corrected chi connectivity index (χ1v) is 6.01. The Morgan fingerprint density at radius 1 is 1.18 bits per heavy atom. The zero-order valence-electron chi connectivity index (χ0n) is 9.63. The number of hydrogen-bond donors (Lipinski definition) is 2. The van der Waals surface area contributed by atoms with Crippen LogP contribution in [0.2, 0.25) is 0 Å². The molecule has 1 saturated carbocycles. The third kappa shape index (κ3) is 3.48. The second kappa shape index (κ2) is 5.56. The van der Waals surface area contributed by atoms with Gasteiger partial charge in [0.2, 0.25) is 0 Å². The molecule has 2 N–H and O–H groups in total. The van der Waals surface area contributed by atoms with E-state index >= 15 is 0 Å². The monoisotopic (exact) mass is 241 g/mol. The van der Waals surface area contributed by atoms with Crippen molar-refractivity contribution in [3.05, 3.63) is 35.4 Å². The van der Waals surface area contributed by atoms with Crippen LogP contribution in [0, 0.1) is 11.6 Å². The molecule has 2 nitrogen and oxygen atoms in total. The van der Waals surface area contributed by atoms with Crippen molar-refractivity contribution in [2.75, 3.05) is 6.54 Å². The lowest BCUT2D eigenvalue weighted by Gasteiger charge is -2.16. The van der Waals surface area contributed by atoms with Crippen LogP contribution < -0.4 is 5.32 Å². The highest BCUT2D eigenvalue weighted by Gasteiger charge is 2.23. The fourth-order valence-electron chi connectivity index (χ4n) is 2.34. The van der Waals surface area contributed by atoms with E-state index in [0.29, 0.717) is 18.5 Å². The molecule has 1 aliphatic rings. The van der Waals surface area contributed by atoms with Crippen molar-refractivity contribution in [1.82, 2.24) is 5.32 Å². The molecule has 0 amide bonds. The highest BCUT2D eigenvalue weighted by molar-refractivity contribution is 5.18. The van der Waals surface area contributed by atoms with E-state index in [2.05, 4.69) is 5.32 Å². The number of halogens is 2. The summed E-state index contributed by atoms with van der Waals surface area (Å²) in [7, 11) is 0. The summed E-state index contributed by atoms with van der Waals surface area (Å²) in [6.07, 6.45) is 3.13. The molecule has 17 heavy (non-hydrogen) atoms. The fourth-order valence-corrected chi connectivity index (χ4v) is 2.34. The molecular weight excluding hydrogens is 224 g/mol. The van der Waals surface area contributed by atoms with Gasteiger partial charge >= 0.3 is 0 Å². The molecule has 2 atom stereocenters. The normalized spacial score (nSPS) is 24.2. The molecule has 2 rings (SSSR count). The molecule has 0 bridgehead atoms. The lowest BCUT2D eigenvalue weighted by atomic mass is 10.1. The SMILES string of the molecule is O[C@@H]1CCC[C@H]1NCCc1cc(F)cc(F)c1. The van der Waals surface area contributed by atoms with Crippen LogP contribution in [-0.4, -0.2) is 23.8 Å². The van der Waals surface area contributed by atoms with Crippen LogP contribution in [0.15, 0.2) is 18.2 Å². The summed E-state index contributed by atoms with van der Waals surface area (Å²) in [6, 6.07) is 3.69. The van der Waals surface area contributed by atoms with Crippen LogP contribution in [0.5, 0.6) is 0 Å². The minimum atomic E-state index is -0.541. The molecular formula is C13H17F2NO. The standard InChI is InChI=1S/C13H17F2NO/c14-10-6-9(7-11(15)8-10)4-5-16-12-2-1-3-13(12)17/h6-8,12-13,16-17H,1-5H2/t12-,13-/m1/s1. The van der Waals surface area contributed by atoms with Gasteiger partial charge in [-0.25, -0.2) is 8.78 Å². The Morgan fingerprint density at radius 3 is 2.47 bits per heavy atom. The van der Waals surface area contributed by atoms with E-state index < -0.39 is 11.6 Å². The fraction of sp³-hybridized carbons (Fsp3) is 0.538. The summed E-state index contributed by atoms with van der Waals surface area (Å²) in [5.74, 6) is -1.08. The Morgan fingerprint density at radius 2 is 1.88 bits per heavy atom. The highest BCUT2D eigenvalue weighted by atomic mass is 19.1. The molecule has 0 aromatic heterocycles. The minimum absolute atomic E-state index is 0.133. The molecule has 1 aliphatic carbocycles. The van der Waals surface area contributed by atoms with Crippen molar-refractivity contribution < 1.29 is 13.9 Å². The van der Waals surface area contributed by atoms with E-state index in [4.69, 9.17) is 0 Å². The number of aliphatic hydroxyl groups is 1. The number of aliphatic hydroxyl groups excluding tert-OH is 1. The first kappa shape index (κ1) is 12.5. The zero-order valence-corrected chi connectivity index (χ0v) is 9.63. The molecule has 1 aromatic carbocycles. The summed E-state index contributed by atoms with van der Waals surface area (Å²) in [5.41, 5.74) is 0.641. The van der Waals surface area contributed by atoms with Gasteiger partial charge in [0.05, 0.1) is 6.10 Å². The van der Waals surface area contributed by atoms with Gasteiger partial charge in [0.1, 0.15) is 11.6 Å². The Bertz CT molecular complexity index is 363. The smallest absolute Gasteiger partial charge is 0.126 e. The van der Waals surface area contributed by atoms with Crippen LogP contribution in [0.3, 0.4) is 0 Å². The molecule has 0 radical (unpaired) electrons. The van der Waals surface area contributed by atoms with Gasteiger partial charge < -0.3 is 10.4 Å². The number of benzene rings is 1. The van der Waals surface area contributed by atoms with E-state index in [1.54, 1.807) is 0 Å². The van der Waals surface area contributed by atoms with Crippen LogP contribution in [0.1, 0.15) is 24.8 Å². The van der Waals surface area contributed by atoms with Gasteiger partial charge in [-0.3, -0.25) is 0 Å². The summed E-state index contributed by atoms with van der Waals surface area (Å²) in [5, 5.41) is 12.8. The van der Waals surface area contributed by atoms with Crippen molar-refractivity contribution in [3.63, 3.8) is 0 Å². The minimum Gasteiger partial charge on any atom is -0.392 e. The predicted molar refractivity (Wildman–Crippen MR) is 61.7 cm³/mol. The molecule has 94 valence electrons. The number of hydrogen-bond acceptors (Lipinski definition) is 2. The molecule has 0 spiro atoms. The van der Waals surface area contributed by atoms with Crippen LogP contribution in [0.25, 0.3) is 0 Å². The van der Waals surface area contributed by atoms with E-state index in [9.17, 15) is 13.9 Å². The zero-order chi connectivity index (χ0) is 12.3. The van der Waals surface area contributed by atoms with Crippen molar-refractivity contribution >= 4 is 0 Å². The van der Waals surface area contributed by atoms with Crippen LogP contribution in [0.4, 0.5) is 8.78 Å². The molecule has 0 unspecified atom stereocenters. The lowest BCUT2D eigenvalue weighted by molar-refractivity contribution is 0.149. The van der Waals surface area contributed by atoms with Crippen molar-refractivity contribution in [1.29, 1.82) is 0 Å². The van der Waals surface area contributed by atoms with Gasteiger partial charge in [-0.1, -0.05) is 0 Å². The highest BCUT2D eigenvalue weighted by Crippen LogP contribution is 2.18. The van der Waals surface area contributed by atoms with E-state index in [1.807, 2.05) is 0 Å². The number of nitrogens with one attached hydrogen (secondary N) is 1. The van der Waals surface area contributed by atoms with Gasteiger partial charge in [-0.15, -0.1) is 0 Å². The van der Waals surface area contributed by atoms with Gasteiger partial charge in [0.15, 0.2) is 0 Å². The summed E-state index contributed by atoms with van der Waals surface area (Å²) < 4.78 is 25.8. The summed E-state index contributed by atoms with van der Waals surface area (Å²) >= 11 is 0. The Balaban J connectivity index is 1.81. The van der Waals surface area contributed by atoms with Crippen LogP contribution in [-0.2, 0) is 6.42 Å². The average Bonchev–Trinajstić information content (AvgIpc) is 2.63. The van der Waals surface area contributed by atoms with E-state index in [0.717, 1.165) is 25.3 Å². The Kier molecular flexibility index (Phi) is 4.07. The lowest BCUT2D eigenvalue weighted by Crippen LogP contribution is -2.36. The quantitative estimate of drug-likeness (QED) is 0.845. The van der Waals surface area contributed by atoms with E-state index in [1.165, 1.54) is 12.1 Å². The molecule has 1 fully saturated rings. The predicted octanol–water partition coefficient (Wildman–Crippen LogP) is 2.01. The molecule has 0 aliphatic heterocycles. The van der Waals surface area contributed by atoms with Gasteiger partial charge in [-0.05, 0) is 49.9 Å². The maximum Gasteiger partial charge on any atom is 0.126 e. The molecule has 0 saturated heterocycles. The average molecular weight is 241 g/mol. The second-order valence-electron chi connectivity index (χ2n) is 4.59. The van der Waals surface area contributed by atoms with Gasteiger partial charge in [-0.2, -0.15) is 0 Å². The van der Waals surface area contributed by atoms with Gasteiger partial charge in [0.25, 0.3) is 0 Å². The summed E-state index contributed by atoms with van der Waals surface area (Å²) in [4.78, 5) is 0. The third-order valence-corrected chi connectivity index (χ3v) is 3.22. The van der Waals surface area contributed by atoms with Crippen molar-refractivity contribution in [2.24, 2.45) is 0 Å². The topological polar surface area (TPSA) is 32.3 Å². The Hall–Kier alpha value is -1.00. The van der Waals surface area contributed by atoms with Gasteiger partial charge in [0, 0.05) is 12.1 Å². The molecule has 0 heterocycles. The second-order valence-corrected chi connectivity index (χ2v) is 4.59.